The molecule has 4 aromatic rings. The molecule has 1 N–H and O–H groups in total. The minimum absolute atomic E-state index is 0.301. The van der Waals surface area contributed by atoms with Crippen LogP contribution < -0.4 is 10.1 Å². The maximum atomic E-state index is 13.2. The van der Waals surface area contributed by atoms with Crippen LogP contribution in [0.3, 0.4) is 0 Å². The largest absolute Gasteiger partial charge is 0.495 e. The van der Waals surface area contributed by atoms with Gasteiger partial charge in [0, 0.05) is 17.4 Å². The summed E-state index contributed by atoms with van der Waals surface area (Å²) in [6.07, 6.45) is 1.76. The second-order valence-corrected chi connectivity index (χ2v) is 6.75. The van der Waals surface area contributed by atoms with Gasteiger partial charge in [0.05, 0.1) is 12.6 Å². The SMILES string of the molecule is COc1cccn2c(C(=O)C(=O)Nc3ccc(C)cc3)c(-c3ccccc3)cc12. The summed E-state index contributed by atoms with van der Waals surface area (Å²) in [5.41, 5.74) is 4.21. The fourth-order valence-corrected chi connectivity index (χ4v) is 3.35. The van der Waals surface area contributed by atoms with E-state index >= 15 is 0 Å². The zero-order valence-electron chi connectivity index (χ0n) is 16.2. The monoisotopic (exact) mass is 384 g/mol. The van der Waals surface area contributed by atoms with Gasteiger partial charge >= 0.3 is 0 Å². The van der Waals surface area contributed by atoms with Crippen molar-refractivity contribution in [1.82, 2.24) is 4.40 Å². The number of carbonyl (C=O) groups excluding carboxylic acids is 2. The number of hydrogen-bond donors (Lipinski definition) is 1. The number of aryl methyl sites for hydroxylation is 1. The summed E-state index contributed by atoms with van der Waals surface area (Å²) in [7, 11) is 1.58. The fraction of sp³-hybridized carbons (Fsp3) is 0.0833. The highest BCUT2D eigenvalue weighted by molar-refractivity contribution is 6.47. The number of hydrogen-bond acceptors (Lipinski definition) is 3. The van der Waals surface area contributed by atoms with Gasteiger partial charge in [-0.2, -0.15) is 0 Å². The average molecular weight is 384 g/mol. The molecule has 0 unspecified atom stereocenters. The number of methoxy groups -OCH3 is 1. The van der Waals surface area contributed by atoms with E-state index in [2.05, 4.69) is 5.32 Å². The molecular formula is C24H20N2O3. The highest BCUT2D eigenvalue weighted by Crippen LogP contribution is 2.32. The average Bonchev–Trinajstić information content (AvgIpc) is 3.15. The predicted octanol–water partition coefficient (Wildman–Crippen LogP) is 4.74. The molecule has 0 saturated carbocycles. The van der Waals surface area contributed by atoms with E-state index in [1.165, 1.54) is 0 Å². The summed E-state index contributed by atoms with van der Waals surface area (Å²) in [4.78, 5) is 26.0. The van der Waals surface area contributed by atoms with Gasteiger partial charge in [0.2, 0.25) is 0 Å². The molecule has 0 fully saturated rings. The number of fused-ring (bicyclic) bond motifs is 1. The third kappa shape index (κ3) is 3.50. The van der Waals surface area contributed by atoms with Gasteiger partial charge in [-0.15, -0.1) is 0 Å². The normalized spacial score (nSPS) is 10.7. The van der Waals surface area contributed by atoms with E-state index in [-0.39, 0.29) is 0 Å². The van der Waals surface area contributed by atoms with Crippen molar-refractivity contribution in [3.63, 3.8) is 0 Å². The molecule has 0 bridgehead atoms. The standard InChI is InChI=1S/C24H20N2O3/c1-16-10-12-18(13-11-16)25-24(28)23(27)22-19(17-7-4-3-5-8-17)15-20-21(29-2)9-6-14-26(20)22/h3-15H,1-2H3,(H,25,28). The first-order valence-corrected chi connectivity index (χ1v) is 9.24. The third-order valence-corrected chi connectivity index (χ3v) is 4.81. The first kappa shape index (κ1) is 18.5. The number of carbonyl (C=O) groups is 2. The van der Waals surface area contributed by atoms with Crippen LogP contribution in [-0.4, -0.2) is 23.2 Å². The van der Waals surface area contributed by atoms with Crippen molar-refractivity contribution in [1.29, 1.82) is 0 Å². The van der Waals surface area contributed by atoms with Crippen LogP contribution in [-0.2, 0) is 4.79 Å². The molecule has 1 amide bonds. The molecule has 29 heavy (non-hydrogen) atoms. The molecule has 2 heterocycles. The van der Waals surface area contributed by atoms with E-state index in [1.807, 2.05) is 61.5 Å². The summed E-state index contributed by atoms with van der Waals surface area (Å²) in [5, 5.41) is 2.70. The van der Waals surface area contributed by atoms with Gasteiger partial charge in [0.25, 0.3) is 11.7 Å². The lowest BCUT2D eigenvalue weighted by Crippen LogP contribution is -2.24. The molecule has 2 aromatic carbocycles. The number of ether oxygens (including phenoxy) is 1. The number of benzene rings is 2. The molecule has 144 valence electrons. The Balaban J connectivity index is 1.81. The van der Waals surface area contributed by atoms with E-state index in [0.29, 0.717) is 22.7 Å². The number of pyridine rings is 1. The van der Waals surface area contributed by atoms with Crippen molar-refractivity contribution in [2.75, 3.05) is 12.4 Å². The smallest absolute Gasteiger partial charge is 0.298 e. The maximum Gasteiger partial charge on any atom is 0.298 e. The second-order valence-electron chi connectivity index (χ2n) is 6.75. The van der Waals surface area contributed by atoms with Gasteiger partial charge < -0.3 is 14.5 Å². The minimum Gasteiger partial charge on any atom is -0.495 e. The maximum absolute atomic E-state index is 13.2. The fourth-order valence-electron chi connectivity index (χ4n) is 3.35. The first-order valence-electron chi connectivity index (χ1n) is 9.24. The van der Waals surface area contributed by atoms with Gasteiger partial charge in [0.15, 0.2) is 0 Å². The molecule has 0 aliphatic rings. The summed E-state index contributed by atoms with van der Waals surface area (Å²) < 4.78 is 7.15. The number of anilines is 1. The molecule has 5 nitrogen and oxygen atoms in total. The Morgan fingerprint density at radius 1 is 0.931 bits per heavy atom. The van der Waals surface area contributed by atoms with E-state index in [9.17, 15) is 9.59 Å². The number of nitrogens with one attached hydrogen (secondary N) is 1. The lowest BCUT2D eigenvalue weighted by atomic mass is 10.0. The molecule has 0 radical (unpaired) electrons. The zero-order chi connectivity index (χ0) is 20.4. The molecule has 0 aliphatic heterocycles. The Bertz CT molecular complexity index is 1190. The van der Waals surface area contributed by atoms with Crippen LogP contribution in [0.2, 0.25) is 0 Å². The van der Waals surface area contributed by atoms with Crippen LogP contribution in [0.15, 0.2) is 79.0 Å². The third-order valence-electron chi connectivity index (χ3n) is 4.81. The van der Waals surface area contributed by atoms with E-state index < -0.39 is 11.7 Å². The number of aromatic nitrogens is 1. The summed E-state index contributed by atoms with van der Waals surface area (Å²) >= 11 is 0. The van der Waals surface area contributed by atoms with Crippen LogP contribution in [0, 0.1) is 6.92 Å². The molecule has 4 rings (SSSR count). The Morgan fingerprint density at radius 2 is 1.66 bits per heavy atom. The van der Waals surface area contributed by atoms with Gasteiger partial charge in [0.1, 0.15) is 11.4 Å². The lowest BCUT2D eigenvalue weighted by molar-refractivity contribution is -0.112. The number of nitrogens with zero attached hydrogens (tertiary/aromatic N) is 1. The topological polar surface area (TPSA) is 59.8 Å². The number of ketones is 1. The van der Waals surface area contributed by atoms with Crippen molar-refractivity contribution in [2.24, 2.45) is 0 Å². The minimum atomic E-state index is -0.686. The second kappa shape index (κ2) is 7.64. The molecule has 0 atom stereocenters. The quantitative estimate of drug-likeness (QED) is 0.399. The van der Waals surface area contributed by atoms with Gasteiger partial charge in [-0.05, 0) is 42.8 Å². The Morgan fingerprint density at radius 3 is 2.34 bits per heavy atom. The van der Waals surface area contributed by atoms with E-state index in [1.54, 1.807) is 35.9 Å². The van der Waals surface area contributed by atoms with Gasteiger partial charge in [-0.1, -0.05) is 48.0 Å². The van der Waals surface area contributed by atoms with Crippen molar-refractivity contribution < 1.29 is 14.3 Å². The lowest BCUT2D eigenvalue weighted by Gasteiger charge is -2.08. The number of amides is 1. The van der Waals surface area contributed by atoms with Crippen molar-refractivity contribution >= 4 is 22.9 Å². The molecule has 2 aromatic heterocycles. The van der Waals surface area contributed by atoms with Crippen LogP contribution >= 0.6 is 0 Å². The van der Waals surface area contributed by atoms with Gasteiger partial charge in [-0.3, -0.25) is 9.59 Å². The predicted molar refractivity (Wildman–Crippen MR) is 114 cm³/mol. The molecule has 0 spiro atoms. The van der Waals surface area contributed by atoms with Crippen LogP contribution in [0.5, 0.6) is 5.75 Å². The van der Waals surface area contributed by atoms with Crippen molar-refractivity contribution in [3.05, 3.63) is 90.3 Å². The number of rotatable bonds is 5. The van der Waals surface area contributed by atoms with E-state index in [4.69, 9.17) is 4.74 Å². The first-order chi connectivity index (χ1) is 14.1. The molecule has 0 aliphatic carbocycles. The molecule has 0 saturated heterocycles. The molecular weight excluding hydrogens is 364 g/mol. The van der Waals surface area contributed by atoms with Crippen molar-refractivity contribution in [2.45, 2.75) is 6.92 Å². The molecule has 5 heteroatoms. The highest BCUT2D eigenvalue weighted by Gasteiger charge is 2.25. The Labute approximate surface area is 168 Å². The summed E-state index contributed by atoms with van der Waals surface area (Å²) in [6, 6.07) is 22.3. The van der Waals surface area contributed by atoms with Crippen LogP contribution in [0.25, 0.3) is 16.6 Å². The zero-order valence-corrected chi connectivity index (χ0v) is 16.2. The van der Waals surface area contributed by atoms with Gasteiger partial charge in [-0.25, -0.2) is 0 Å². The Hall–Kier alpha value is -3.86. The van der Waals surface area contributed by atoms with E-state index in [0.717, 1.165) is 16.6 Å². The van der Waals surface area contributed by atoms with Crippen LogP contribution in [0.1, 0.15) is 16.1 Å². The number of Topliss-reactive ketones (excluding diaryl/α,β-unsaturated/α-hetero) is 1. The van der Waals surface area contributed by atoms with Crippen LogP contribution in [0.4, 0.5) is 5.69 Å². The highest BCUT2D eigenvalue weighted by atomic mass is 16.5. The summed E-state index contributed by atoms with van der Waals surface area (Å²) in [6.45, 7) is 1.96. The van der Waals surface area contributed by atoms with Crippen molar-refractivity contribution in [3.8, 4) is 16.9 Å². The Kier molecular flexibility index (Phi) is 4.87. The summed E-state index contributed by atoms with van der Waals surface area (Å²) in [5.74, 6) is -0.672.